The molecular formula is C32H65BrNO6P. The Bertz CT molecular complexity index is 613. The minimum absolute atomic E-state index is 0.00746. The summed E-state index contributed by atoms with van der Waals surface area (Å²) in [6.45, 7) is 5.25. The van der Waals surface area contributed by atoms with E-state index in [0.717, 1.165) is 25.7 Å². The summed E-state index contributed by atoms with van der Waals surface area (Å²) < 4.78 is 28.0. The number of hydrogen-bond acceptors (Lipinski definition) is 5. The van der Waals surface area contributed by atoms with Crippen LogP contribution in [0.5, 0.6) is 0 Å². The second-order valence-electron chi connectivity index (χ2n) is 11.4. The number of alkyl halides is 1. The minimum Gasteiger partial charge on any atom is -0.374 e. The zero-order chi connectivity index (χ0) is 30.3. The van der Waals surface area contributed by atoms with E-state index in [4.69, 9.17) is 13.8 Å². The lowest BCUT2D eigenvalue weighted by Gasteiger charge is -2.20. The largest absolute Gasteiger partial charge is 0.472 e. The van der Waals surface area contributed by atoms with Gasteiger partial charge in [0.25, 0.3) is 0 Å². The molecule has 2 atom stereocenters. The molecule has 41 heavy (non-hydrogen) atoms. The summed E-state index contributed by atoms with van der Waals surface area (Å²) in [4.78, 5) is 22.2. The van der Waals surface area contributed by atoms with Crippen molar-refractivity contribution in [3.05, 3.63) is 0 Å². The van der Waals surface area contributed by atoms with Crippen molar-refractivity contribution in [3.63, 3.8) is 0 Å². The monoisotopic (exact) mass is 669 g/mol. The lowest BCUT2D eigenvalue weighted by molar-refractivity contribution is -0.122. The molecule has 0 saturated carbocycles. The molecule has 9 heteroatoms. The normalized spacial score (nSPS) is 13.8. The number of unbranched alkanes of at least 4 members (excludes halogenated alkanes) is 20. The van der Waals surface area contributed by atoms with E-state index in [1.165, 1.54) is 116 Å². The highest BCUT2D eigenvalue weighted by molar-refractivity contribution is 9.09. The molecule has 2 unspecified atom stereocenters. The summed E-state index contributed by atoms with van der Waals surface area (Å²) in [6.07, 6.45) is 27.8. The molecule has 0 aliphatic heterocycles. The molecule has 246 valence electrons. The highest BCUT2D eigenvalue weighted by atomic mass is 79.9. The van der Waals surface area contributed by atoms with Crippen LogP contribution in [0, 0.1) is 0 Å². The molecule has 0 rings (SSSR count). The number of nitrogens with one attached hydrogen (secondary N) is 1. The lowest BCUT2D eigenvalue weighted by atomic mass is 10.0. The SMILES string of the molecule is CCCCCCCCCCCCCCCCCC(=O)NCC(COP(=O)(O)OCCBr)OCCCCCCCCC. The number of ether oxygens (including phenoxy) is 1. The molecular weight excluding hydrogens is 605 g/mol. The molecule has 2 N–H and O–H groups in total. The number of carbonyl (C=O) groups is 1. The van der Waals surface area contributed by atoms with E-state index in [0.29, 0.717) is 18.4 Å². The molecule has 0 aromatic heterocycles. The van der Waals surface area contributed by atoms with Crippen LogP contribution in [0.1, 0.15) is 162 Å². The van der Waals surface area contributed by atoms with Crippen LogP contribution in [0.25, 0.3) is 0 Å². The number of carbonyl (C=O) groups excluding carboxylic acids is 1. The molecule has 0 aliphatic carbocycles. The fourth-order valence-corrected chi connectivity index (χ4v) is 5.98. The molecule has 0 heterocycles. The fraction of sp³-hybridized carbons (Fsp3) is 0.969. The summed E-state index contributed by atoms with van der Waals surface area (Å²) in [7, 11) is -4.14. The van der Waals surface area contributed by atoms with Crippen molar-refractivity contribution in [2.45, 2.75) is 168 Å². The first-order chi connectivity index (χ1) is 19.9. The number of phosphoric acid groups is 1. The highest BCUT2D eigenvalue weighted by Crippen LogP contribution is 2.43. The first kappa shape index (κ1) is 41.0. The minimum atomic E-state index is -4.14. The maximum absolute atomic E-state index is 12.4. The zero-order valence-electron chi connectivity index (χ0n) is 26.7. The van der Waals surface area contributed by atoms with E-state index >= 15 is 0 Å². The Balaban J connectivity index is 3.98. The van der Waals surface area contributed by atoms with Crippen molar-refractivity contribution >= 4 is 29.7 Å². The average Bonchev–Trinajstić information content (AvgIpc) is 2.96. The molecule has 0 aliphatic rings. The third-order valence-electron chi connectivity index (χ3n) is 7.39. The summed E-state index contributed by atoms with van der Waals surface area (Å²) in [5, 5.41) is 3.36. The predicted octanol–water partition coefficient (Wildman–Crippen LogP) is 10.0. The molecule has 0 radical (unpaired) electrons. The number of amides is 1. The first-order valence-electron chi connectivity index (χ1n) is 17.0. The highest BCUT2D eigenvalue weighted by Gasteiger charge is 2.23. The van der Waals surface area contributed by atoms with Crippen molar-refractivity contribution in [2.75, 3.05) is 31.7 Å². The van der Waals surface area contributed by atoms with Crippen LogP contribution in [-0.2, 0) is 23.1 Å². The molecule has 0 spiro atoms. The zero-order valence-corrected chi connectivity index (χ0v) is 29.2. The molecule has 0 fully saturated rings. The van der Waals surface area contributed by atoms with Gasteiger partial charge in [-0.25, -0.2) is 4.57 Å². The smallest absolute Gasteiger partial charge is 0.374 e. The van der Waals surface area contributed by atoms with Crippen molar-refractivity contribution in [1.82, 2.24) is 5.32 Å². The van der Waals surface area contributed by atoms with E-state index < -0.39 is 13.9 Å². The summed E-state index contributed by atoms with van der Waals surface area (Å²) >= 11 is 3.17. The molecule has 0 bridgehead atoms. The van der Waals surface area contributed by atoms with Gasteiger partial charge in [0.2, 0.25) is 5.91 Å². The summed E-state index contributed by atoms with van der Waals surface area (Å²) in [6, 6.07) is 0. The van der Waals surface area contributed by atoms with Crippen LogP contribution in [-0.4, -0.2) is 48.6 Å². The Morgan fingerprint density at radius 1 is 0.683 bits per heavy atom. The molecule has 0 aromatic rings. The van der Waals surface area contributed by atoms with Crippen LogP contribution >= 0.6 is 23.8 Å². The van der Waals surface area contributed by atoms with Gasteiger partial charge in [0, 0.05) is 24.9 Å². The van der Waals surface area contributed by atoms with Gasteiger partial charge in [0.1, 0.15) is 0 Å². The Hall–Kier alpha value is 0.0200. The Morgan fingerprint density at radius 2 is 1.12 bits per heavy atom. The molecule has 0 aromatic carbocycles. The van der Waals surface area contributed by atoms with Gasteiger partial charge in [0.05, 0.1) is 19.3 Å². The van der Waals surface area contributed by atoms with Gasteiger partial charge < -0.3 is 14.9 Å². The van der Waals surface area contributed by atoms with Crippen LogP contribution in [0.3, 0.4) is 0 Å². The van der Waals surface area contributed by atoms with E-state index in [2.05, 4.69) is 35.1 Å². The van der Waals surface area contributed by atoms with Gasteiger partial charge in [-0.05, 0) is 12.8 Å². The number of phosphoric ester groups is 1. The average molecular weight is 671 g/mol. The van der Waals surface area contributed by atoms with Crippen molar-refractivity contribution in [3.8, 4) is 0 Å². The van der Waals surface area contributed by atoms with Crippen molar-refractivity contribution in [2.24, 2.45) is 0 Å². The van der Waals surface area contributed by atoms with Crippen molar-refractivity contribution in [1.29, 1.82) is 0 Å². The van der Waals surface area contributed by atoms with E-state index in [-0.39, 0.29) is 25.7 Å². The summed E-state index contributed by atoms with van der Waals surface area (Å²) in [5.41, 5.74) is 0. The van der Waals surface area contributed by atoms with E-state index in [9.17, 15) is 14.3 Å². The van der Waals surface area contributed by atoms with Gasteiger partial charge >= 0.3 is 7.82 Å². The van der Waals surface area contributed by atoms with E-state index in [1.54, 1.807) is 0 Å². The number of halogens is 1. The first-order valence-corrected chi connectivity index (χ1v) is 19.6. The predicted molar refractivity (Wildman–Crippen MR) is 176 cm³/mol. The molecule has 0 saturated heterocycles. The van der Waals surface area contributed by atoms with Crippen LogP contribution in [0.15, 0.2) is 0 Å². The topological polar surface area (TPSA) is 94.1 Å². The van der Waals surface area contributed by atoms with Gasteiger partial charge in [-0.2, -0.15) is 0 Å². The third kappa shape index (κ3) is 31.3. The van der Waals surface area contributed by atoms with Gasteiger partial charge in [0.15, 0.2) is 0 Å². The Kier molecular flexibility index (Phi) is 31.5. The lowest BCUT2D eigenvalue weighted by Crippen LogP contribution is -2.36. The standard InChI is InChI=1S/C32H65BrNO6P/c1-3-5-7-9-11-12-13-14-15-16-17-18-19-21-23-25-32(35)34-29-31(30-40-41(36,37)39-28-26-33)38-27-24-22-20-10-8-6-4-2/h31H,3-30H2,1-2H3,(H,34,35)(H,36,37). The molecule has 1 amide bonds. The fourth-order valence-electron chi connectivity index (χ4n) is 4.81. The maximum Gasteiger partial charge on any atom is 0.472 e. The maximum atomic E-state index is 12.4. The third-order valence-corrected chi connectivity index (χ3v) is 8.70. The molecule has 7 nitrogen and oxygen atoms in total. The number of rotatable bonds is 33. The number of hydrogen-bond donors (Lipinski definition) is 2. The van der Waals surface area contributed by atoms with Crippen LogP contribution in [0.2, 0.25) is 0 Å². The second-order valence-corrected chi connectivity index (χ2v) is 13.7. The van der Waals surface area contributed by atoms with Gasteiger partial charge in [-0.3, -0.25) is 13.8 Å². The quantitative estimate of drug-likeness (QED) is 0.0410. The van der Waals surface area contributed by atoms with Crippen molar-refractivity contribution < 1.29 is 28.0 Å². The van der Waals surface area contributed by atoms with Crippen LogP contribution < -0.4 is 5.32 Å². The summed E-state index contributed by atoms with van der Waals surface area (Å²) in [5.74, 6) is -0.00746. The Labute approximate surface area is 261 Å². The van der Waals surface area contributed by atoms with Crippen LogP contribution in [0.4, 0.5) is 0 Å². The second kappa shape index (κ2) is 31.4. The Morgan fingerprint density at radius 3 is 1.59 bits per heavy atom. The van der Waals surface area contributed by atoms with Gasteiger partial charge in [-0.1, -0.05) is 158 Å². The van der Waals surface area contributed by atoms with E-state index in [1.807, 2.05) is 0 Å². The van der Waals surface area contributed by atoms with Gasteiger partial charge in [-0.15, -0.1) is 0 Å².